The predicted molar refractivity (Wildman–Crippen MR) is 68.2 cm³/mol. The normalized spacial score (nSPS) is 31.1. The van der Waals surface area contributed by atoms with Crippen LogP contribution in [-0.2, 0) is 0 Å². The van der Waals surface area contributed by atoms with Crippen LogP contribution in [0.4, 0.5) is 4.39 Å². The number of halogens is 1. The number of nitrogens with one attached hydrogen (secondary N) is 1. The summed E-state index contributed by atoms with van der Waals surface area (Å²) in [5, 5.41) is 4.03. The number of rotatable bonds is 1. The van der Waals surface area contributed by atoms with Gasteiger partial charge in [0, 0.05) is 11.3 Å². The van der Waals surface area contributed by atoms with Gasteiger partial charge in [0.2, 0.25) is 0 Å². The highest BCUT2D eigenvalue weighted by Crippen LogP contribution is 2.30. The third-order valence-corrected chi connectivity index (χ3v) is 4.57. The standard InChI is InChI=1S/C13H18FNS/c1-9-7-15-13(10(2)16-8-9)11-4-3-5-12(14)6-11/h3-6,9-10,13,15H,7-8H2,1-2H3. The Morgan fingerprint density at radius 3 is 2.94 bits per heavy atom. The lowest BCUT2D eigenvalue weighted by atomic mass is 10.0. The lowest BCUT2D eigenvalue weighted by molar-refractivity contribution is 0.487. The van der Waals surface area contributed by atoms with Gasteiger partial charge in [-0.25, -0.2) is 4.39 Å². The van der Waals surface area contributed by atoms with Crippen molar-refractivity contribution in [1.29, 1.82) is 0 Å². The Morgan fingerprint density at radius 2 is 2.19 bits per heavy atom. The van der Waals surface area contributed by atoms with Gasteiger partial charge in [0.1, 0.15) is 5.82 Å². The Morgan fingerprint density at radius 1 is 1.38 bits per heavy atom. The fourth-order valence-electron chi connectivity index (χ4n) is 2.05. The molecule has 1 N–H and O–H groups in total. The molecular formula is C13H18FNS. The molecule has 1 aliphatic rings. The molecule has 1 heterocycles. The van der Waals surface area contributed by atoms with Crippen LogP contribution in [0.3, 0.4) is 0 Å². The van der Waals surface area contributed by atoms with Crippen molar-refractivity contribution in [2.75, 3.05) is 12.3 Å². The predicted octanol–water partition coefficient (Wildman–Crippen LogP) is 3.23. The maximum atomic E-state index is 13.2. The van der Waals surface area contributed by atoms with Gasteiger partial charge in [-0.05, 0) is 35.9 Å². The van der Waals surface area contributed by atoms with Crippen LogP contribution in [0.15, 0.2) is 24.3 Å². The number of hydrogen-bond acceptors (Lipinski definition) is 2. The third kappa shape index (κ3) is 2.77. The second-order valence-corrected chi connectivity index (χ2v) is 5.99. The van der Waals surface area contributed by atoms with Crippen LogP contribution < -0.4 is 5.32 Å². The van der Waals surface area contributed by atoms with Crippen molar-refractivity contribution < 1.29 is 4.39 Å². The monoisotopic (exact) mass is 239 g/mol. The topological polar surface area (TPSA) is 12.0 Å². The second kappa shape index (κ2) is 5.19. The van der Waals surface area contributed by atoms with Crippen molar-refractivity contribution in [3.8, 4) is 0 Å². The van der Waals surface area contributed by atoms with Crippen LogP contribution in [0.2, 0.25) is 0 Å². The Kier molecular flexibility index (Phi) is 3.87. The average molecular weight is 239 g/mol. The van der Waals surface area contributed by atoms with Crippen LogP contribution in [0.1, 0.15) is 25.5 Å². The van der Waals surface area contributed by atoms with Crippen LogP contribution in [-0.4, -0.2) is 17.5 Å². The lowest BCUT2D eigenvalue weighted by Crippen LogP contribution is -2.29. The molecule has 1 aromatic carbocycles. The van der Waals surface area contributed by atoms with E-state index in [0.717, 1.165) is 12.1 Å². The van der Waals surface area contributed by atoms with Gasteiger partial charge in [-0.3, -0.25) is 0 Å². The van der Waals surface area contributed by atoms with E-state index < -0.39 is 0 Å². The molecular weight excluding hydrogens is 221 g/mol. The SMILES string of the molecule is CC1CNC(c2cccc(F)c2)C(C)SC1. The number of benzene rings is 1. The first-order valence-electron chi connectivity index (χ1n) is 5.77. The largest absolute Gasteiger partial charge is 0.309 e. The molecule has 1 saturated heterocycles. The molecule has 1 fully saturated rings. The zero-order valence-electron chi connectivity index (χ0n) is 9.74. The minimum Gasteiger partial charge on any atom is -0.309 e. The quantitative estimate of drug-likeness (QED) is 0.807. The maximum absolute atomic E-state index is 13.2. The fourth-order valence-corrected chi connectivity index (χ4v) is 3.25. The van der Waals surface area contributed by atoms with Gasteiger partial charge >= 0.3 is 0 Å². The summed E-state index contributed by atoms with van der Waals surface area (Å²) in [5.41, 5.74) is 1.06. The minimum atomic E-state index is -0.145. The summed E-state index contributed by atoms with van der Waals surface area (Å²) < 4.78 is 13.2. The first-order valence-corrected chi connectivity index (χ1v) is 6.82. The second-order valence-electron chi connectivity index (χ2n) is 4.58. The highest BCUT2D eigenvalue weighted by molar-refractivity contribution is 7.99. The first kappa shape index (κ1) is 11.9. The smallest absolute Gasteiger partial charge is 0.123 e. The first-order chi connectivity index (χ1) is 7.66. The molecule has 1 aromatic rings. The van der Waals surface area contributed by atoms with Crippen molar-refractivity contribution in [1.82, 2.24) is 5.32 Å². The summed E-state index contributed by atoms with van der Waals surface area (Å²) in [4.78, 5) is 0. The Hall–Kier alpha value is -0.540. The molecule has 0 radical (unpaired) electrons. The molecule has 0 saturated carbocycles. The molecule has 0 bridgehead atoms. The molecule has 0 aliphatic carbocycles. The minimum absolute atomic E-state index is 0.145. The van der Waals surface area contributed by atoms with Crippen molar-refractivity contribution in [3.63, 3.8) is 0 Å². The van der Waals surface area contributed by atoms with E-state index in [1.165, 1.54) is 11.8 Å². The van der Waals surface area contributed by atoms with E-state index in [1.807, 2.05) is 17.8 Å². The Labute approximate surface area is 101 Å². The molecule has 0 amide bonds. The summed E-state index contributed by atoms with van der Waals surface area (Å²) in [5.74, 6) is 1.72. The highest BCUT2D eigenvalue weighted by atomic mass is 32.2. The fraction of sp³-hybridized carbons (Fsp3) is 0.538. The molecule has 3 heteroatoms. The molecule has 3 atom stereocenters. The summed E-state index contributed by atoms with van der Waals surface area (Å²) in [6.07, 6.45) is 0. The van der Waals surface area contributed by atoms with E-state index in [4.69, 9.17) is 0 Å². The van der Waals surface area contributed by atoms with E-state index in [1.54, 1.807) is 12.1 Å². The molecule has 88 valence electrons. The Balaban J connectivity index is 2.18. The zero-order chi connectivity index (χ0) is 11.5. The van der Waals surface area contributed by atoms with Crippen molar-refractivity contribution >= 4 is 11.8 Å². The van der Waals surface area contributed by atoms with Gasteiger partial charge in [-0.2, -0.15) is 11.8 Å². The zero-order valence-corrected chi connectivity index (χ0v) is 10.6. The van der Waals surface area contributed by atoms with Crippen molar-refractivity contribution in [2.45, 2.75) is 25.1 Å². The molecule has 16 heavy (non-hydrogen) atoms. The molecule has 1 aliphatic heterocycles. The van der Waals surface area contributed by atoms with Gasteiger partial charge in [-0.1, -0.05) is 26.0 Å². The number of thioether (sulfide) groups is 1. The molecule has 1 nitrogen and oxygen atoms in total. The Bertz CT molecular complexity index is 356. The average Bonchev–Trinajstić information content (AvgIpc) is 2.42. The van der Waals surface area contributed by atoms with Gasteiger partial charge in [0.15, 0.2) is 0 Å². The highest BCUT2D eigenvalue weighted by Gasteiger charge is 2.24. The number of hydrogen-bond donors (Lipinski definition) is 1. The van der Waals surface area contributed by atoms with Crippen LogP contribution >= 0.6 is 11.8 Å². The molecule has 2 rings (SSSR count). The van der Waals surface area contributed by atoms with Gasteiger partial charge in [-0.15, -0.1) is 0 Å². The van der Waals surface area contributed by atoms with Gasteiger partial charge in [0.25, 0.3) is 0 Å². The lowest BCUT2D eigenvalue weighted by Gasteiger charge is -2.22. The summed E-state index contributed by atoms with van der Waals surface area (Å²) in [7, 11) is 0. The van der Waals surface area contributed by atoms with E-state index in [9.17, 15) is 4.39 Å². The summed E-state index contributed by atoms with van der Waals surface area (Å²) in [6, 6.07) is 7.21. The van der Waals surface area contributed by atoms with Crippen LogP contribution in [0.25, 0.3) is 0 Å². The van der Waals surface area contributed by atoms with Crippen LogP contribution in [0, 0.1) is 11.7 Å². The van der Waals surface area contributed by atoms with Crippen LogP contribution in [0.5, 0.6) is 0 Å². The van der Waals surface area contributed by atoms with E-state index in [2.05, 4.69) is 19.2 Å². The van der Waals surface area contributed by atoms with Gasteiger partial charge in [0.05, 0.1) is 0 Å². The molecule has 0 spiro atoms. The van der Waals surface area contributed by atoms with E-state index in [-0.39, 0.29) is 11.9 Å². The maximum Gasteiger partial charge on any atom is 0.123 e. The summed E-state index contributed by atoms with van der Waals surface area (Å²) >= 11 is 1.97. The van der Waals surface area contributed by atoms with E-state index in [0.29, 0.717) is 11.2 Å². The van der Waals surface area contributed by atoms with E-state index >= 15 is 0 Å². The van der Waals surface area contributed by atoms with Crippen molar-refractivity contribution in [3.05, 3.63) is 35.6 Å². The third-order valence-electron chi connectivity index (χ3n) is 3.01. The summed E-state index contributed by atoms with van der Waals surface area (Å²) in [6.45, 7) is 5.48. The molecule has 0 aromatic heterocycles. The molecule has 3 unspecified atom stereocenters. The van der Waals surface area contributed by atoms with Gasteiger partial charge < -0.3 is 5.32 Å². The van der Waals surface area contributed by atoms with Crippen molar-refractivity contribution in [2.24, 2.45) is 5.92 Å².